The molecule has 0 atom stereocenters. The standard InChI is InChI=1S/C13H12N6O2/c20-13(21)9-1-2-10-11(7-9)15-8-16-12(10)14-3-5-19-6-4-17-18-19/h1-2,4,6-8H,3,5H2,(H,20,21)(H,14,15,16). The Morgan fingerprint density at radius 2 is 2.24 bits per heavy atom. The van der Waals surface area contributed by atoms with Gasteiger partial charge < -0.3 is 10.4 Å². The highest BCUT2D eigenvalue weighted by Crippen LogP contribution is 2.20. The minimum atomic E-state index is -0.976. The molecule has 3 rings (SSSR count). The van der Waals surface area contributed by atoms with Crippen LogP contribution in [0.1, 0.15) is 10.4 Å². The molecular formula is C13H12N6O2. The van der Waals surface area contributed by atoms with Gasteiger partial charge in [0.1, 0.15) is 12.1 Å². The first-order valence-electron chi connectivity index (χ1n) is 6.30. The second-order valence-corrected chi connectivity index (χ2v) is 4.35. The number of rotatable bonds is 5. The summed E-state index contributed by atoms with van der Waals surface area (Å²) in [4.78, 5) is 19.2. The number of benzene rings is 1. The van der Waals surface area contributed by atoms with E-state index in [9.17, 15) is 4.79 Å². The van der Waals surface area contributed by atoms with Gasteiger partial charge in [-0.15, -0.1) is 5.10 Å². The first-order valence-corrected chi connectivity index (χ1v) is 6.30. The van der Waals surface area contributed by atoms with Crippen molar-refractivity contribution in [3.05, 3.63) is 42.5 Å². The summed E-state index contributed by atoms with van der Waals surface area (Å²) in [5.74, 6) is -0.312. The molecule has 0 aliphatic rings. The minimum absolute atomic E-state index is 0.203. The van der Waals surface area contributed by atoms with Gasteiger partial charge in [-0.2, -0.15) is 0 Å². The maximum absolute atomic E-state index is 11.0. The van der Waals surface area contributed by atoms with E-state index in [1.165, 1.54) is 18.5 Å². The molecule has 0 aliphatic carbocycles. The molecule has 2 heterocycles. The molecule has 0 saturated carbocycles. The van der Waals surface area contributed by atoms with E-state index < -0.39 is 5.97 Å². The van der Waals surface area contributed by atoms with Crippen LogP contribution in [0.3, 0.4) is 0 Å². The Kier molecular flexibility index (Phi) is 3.42. The van der Waals surface area contributed by atoms with E-state index in [4.69, 9.17) is 5.11 Å². The van der Waals surface area contributed by atoms with Crippen LogP contribution < -0.4 is 5.32 Å². The van der Waals surface area contributed by atoms with E-state index in [-0.39, 0.29) is 5.56 Å². The van der Waals surface area contributed by atoms with Crippen LogP contribution in [0.15, 0.2) is 36.9 Å². The first-order chi connectivity index (χ1) is 10.2. The number of carbonyl (C=O) groups is 1. The summed E-state index contributed by atoms with van der Waals surface area (Å²) in [6, 6.07) is 4.77. The van der Waals surface area contributed by atoms with Crippen LogP contribution in [0.5, 0.6) is 0 Å². The van der Waals surface area contributed by atoms with Crippen LogP contribution in [0.2, 0.25) is 0 Å². The molecule has 106 valence electrons. The van der Waals surface area contributed by atoms with E-state index in [1.54, 1.807) is 23.1 Å². The molecule has 3 aromatic rings. The van der Waals surface area contributed by atoms with Gasteiger partial charge in [-0.1, -0.05) is 5.21 Å². The van der Waals surface area contributed by atoms with Crippen LogP contribution in [0.4, 0.5) is 5.82 Å². The van der Waals surface area contributed by atoms with E-state index in [2.05, 4.69) is 25.6 Å². The lowest BCUT2D eigenvalue weighted by atomic mass is 10.1. The zero-order valence-electron chi connectivity index (χ0n) is 11.0. The SMILES string of the molecule is O=C(O)c1ccc2c(NCCn3ccnn3)ncnc2c1. The molecule has 2 N–H and O–H groups in total. The van der Waals surface area contributed by atoms with Crippen molar-refractivity contribution in [2.75, 3.05) is 11.9 Å². The topological polar surface area (TPSA) is 106 Å². The Bertz CT molecular complexity index is 771. The average molecular weight is 284 g/mol. The number of aromatic nitrogens is 5. The second kappa shape index (κ2) is 5.53. The van der Waals surface area contributed by atoms with Crippen molar-refractivity contribution in [1.29, 1.82) is 0 Å². The Morgan fingerprint density at radius 1 is 1.33 bits per heavy atom. The van der Waals surface area contributed by atoms with Crippen LogP contribution in [0.25, 0.3) is 10.9 Å². The lowest BCUT2D eigenvalue weighted by Gasteiger charge is -2.08. The third-order valence-electron chi connectivity index (χ3n) is 2.99. The van der Waals surface area contributed by atoms with Crippen molar-refractivity contribution >= 4 is 22.7 Å². The number of hydrogen-bond donors (Lipinski definition) is 2. The van der Waals surface area contributed by atoms with E-state index in [0.717, 1.165) is 5.39 Å². The molecule has 8 heteroatoms. The minimum Gasteiger partial charge on any atom is -0.478 e. The van der Waals surface area contributed by atoms with Crippen molar-refractivity contribution in [3.8, 4) is 0 Å². The van der Waals surface area contributed by atoms with Crippen molar-refractivity contribution < 1.29 is 9.90 Å². The zero-order valence-corrected chi connectivity index (χ0v) is 11.0. The summed E-state index contributed by atoms with van der Waals surface area (Å²) >= 11 is 0. The summed E-state index contributed by atoms with van der Waals surface area (Å²) in [6.07, 6.45) is 4.80. The van der Waals surface area contributed by atoms with Crippen LogP contribution in [-0.2, 0) is 6.54 Å². The molecule has 0 fully saturated rings. The van der Waals surface area contributed by atoms with Crippen LogP contribution in [0, 0.1) is 0 Å². The highest BCUT2D eigenvalue weighted by atomic mass is 16.4. The molecule has 2 aromatic heterocycles. The van der Waals surface area contributed by atoms with Gasteiger partial charge in [0.2, 0.25) is 0 Å². The average Bonchev–Trinajstić information content (AvgIpc) is 3.00. The molecule has 21 heavy (non-hydrogen) atoms. The van der Waals surface area contributed by atoms with Gasteiger partial charge >= 0.3 is 5.97 Å². The Labute approximate surface area is 119 Å². The summed E-state index contributed by atoms with van der Waals surface area (Å²) < 4.78 is 1.71. The van der Waals surface area contributed by atoms with Crippen LogP contribution >= 0.6 is 0 Å². The van der Waals surface area contributed by atoms with Crippen molar-refractivity contribution in [3.63, 3.8) is 0 Å². The third-order valence-corrected chi connectivity index (χ3v) is 2.99. The Hall–Kier alpha value is -3.03. The van der Waals surface area contributed by atoms with E-state index >= 15 is 0 Å². The molecule has 0 radical (unpaired) electrons. The number of aromatic carboxylic acids is 1. The van der Waals surface area contributed by atoms with Crippen molar-refractivity contribution in [1.82, 2.24) is 25.0 Å². The molecular weight excluding hydrogens is 272 g/mol. The zero-order chi connectivity index (χ0) is 14.7. The highest BCUT2D eigenvalue weighted by molar-refractivity contribution is 5.96. The van der Waals surface area contributed by atoms with Gasteiger partial charge in [-0.05, 0) is 18.2 Å². The maximum Gasteiger partial charge on any atom is 0.335 e. The number of nitrogens with one attached hydrogen (secondary N) is 1. The molecule has 0 bridgehead atoms. The number of nitrogens with zero attached hydrogens (tertiary/aromatic N) is 5. The fourth-order valence-corrected chi connectivity index (χ4v) is 1.97. The monoisotopic (exact) mass is 284 g/mol. The largest absolute Gasteiger partial charge is 0.478 e. The smallest absolute Gasteiger partial charge is 0.335 e. The third kappa shape index (κ3) is 2.78. The Morgan fingerprint density at radius 3 is 3.00 bits per heavy atom. The van der Waals surface area contributed by atoms with Gasteiger partial charge in [0.25, 0.3) is 0 Å². The molecule has 8 nitrogen and oxygen atoms in total. The summed E-state index contributed by atoms with van der Waals surface area (Å²) in [5, 5.41) is 20.5. The molecule has 0 unspecified atom stereocenters. The predicted octanol–water partition coefficient (Wildman–Crippen LogP) is 1.03. The normalized spacial score (nSPS) is 10.7. The number of carboxylic acid groups (broad SMARTS) is 1. The quantitative estimate of drug-likeness (QED) is 0.720. The van der Waals surface area contributed by atoms with Crippen LogP contribution in [-0.4, -0.2) is 42.6 Å². The van der Waals surface area contributed by atoms with Gasteiger partial charge in [-0.3, -0.25) is 4.68 Å². The fraction of sp³-hybridized carbons (Fsp3) is 0.154. The fourth-order valence-electron chi connectivity index (χ4n) is 1.97. The summed E-state index contributed by atoms with van der Waals surface area (Å²) in [6.45, 7) is 1.27. The van der Waals surface area contributed by atoms with Crippen molar-refractivity contribution in [2.45, 2.75) is 6.54 Å². The molecule has 0 spiro atoms. The van der Waals surface area contributed by atoms with Gasteiger partial charge in [0.15, 0.2) is 0 Å². The van der Waals surface area contributed by atoms with Gasteiger partial charge in [0.05, 0.1) is 23.8 Å². The van der Waals surface area contributed by atoms with Gasteiger partial charge in [-0.25, -0.2) is 14.8 Å². The van der Waals surface area contributed by atoms with Gasteiger partial charge in [0, 0.05) is 18.1 Å². The van der Waals surface area contributed by atoms with Crippen molar-refractivity contribution in [2.24, 2.45) is 0 Å². The number of anilines is 1. The number of carboxylic acids is 1. The maximum atomic E-state index is 11.0. The van der Waals surface area contributed by atoms with E-state index in [1.807, 2.05) is 0 Å². The Balaban J connectivity index is 1.80. The second-order valence-electron chi connectivity index (χ2n) is 4.35. The molecule has 1 aromatic carbocycles. The number of fused-ring (bicyclic) bond motifs is 1. The molecule has 0 aliphatic heterocycles. The lowest BCUT2D eigenvalue weighted by Crippen LogP contribution is -2.12. The first kappa shape index (κ1) is 13.0. The lowest BCUT2D eigenvalue weighted by molar-refractivity contribution is 0.0697. The molecule has 0 amide bonds. The molecule has 0 saturated heterocycles. The summed E-state index contributed by atoms with van der Waals surface area (Å²) in [5.41, 5.74) is 0.794. The highest BCUT2D eigenvalue weighted by Gasteiger charge is 2.07. The van der Waals surface area contributed by atoms with E-state index in [0.29, 0.717) is 24.4 Å². The summed E-state index contributed by atoms with van der Waals surface area (Å²) in [7, 11) is 0. The predicted molar refractivity (Wildman–Crippen MR) is 75.0 cm³/mol. The number of hydrogen-bond acceptors (Lipinski definition) is 6.